The van der Waals surface area contributed by atoms with E-state index in [9.17, 15) is 19.2 Å². The molecule has 31 heavy (non-hydrogen) atoms. The van der Waals surface area contributed by atoms with Gasteiger partial charge in [-0.3, -0.25) is 19.3 Å². The van der Waals surface area contributed by atoms with Crippen molar-refractivity contribution in [2.24, 2.45) is 0 Å². The molecule has 2 aromatic carbocycles. The number of ether oxygens (including phenoxy) is 1. The van der Waals surface area contributed by atoms with Gasteiger partial charge in [0.15, 0.2) is 6.61 Å². The average molecular weight is 423 g/mol. The fourth-order valence-electron chi connectivity index (χ4n) is 3.30. The Balaban J connectivity index is 1.55. The molecular weight excluding hydrogens is 398 g/mol. The summed E-state index contributed by atoms with van der Waals surface area (Å²) in [5.74, 6) is -1.78. The first-order valence-corrected chi connectivity index (χ1v) is 9.85. The lowest BCUT2D eigenvalue weighted by Crippen LogP contribution is -2.42. The van der Waals surface area contributed by atoms with Crippen LogP contribution in [0.3, 0.4) is 0 Å². The summed E-state index contributed by atoms with van der Waals surface area (Å²) in [5.41, 5.74) is 1.31. The van der Waals surface area contributed by atoms with Crippen LogP contribution in [-0.4, -0.2) is 53.8 Å². The molecule has 1 aliphatic rings. The first-order chi connectivity index (χ1) is 14.7. The van der Waals surface area contributed by atoms with Crippen molar-refractivity contribution in [1.82, 2.24) is 15.1 Å². The molecular formula is C23H25N3O5. The van der Waals surface area contributed by atoms with Gasteiger partial charge in [0.1, 0.15) is 12.1 Å². The lowest BCUT2D eigenvalue weighted by atomic mass is 9.91. The van der Waals surface area contributed by atoms with Gasteiger partial charge in [0, 0.05) is 13.6 Å². The standard InChI is InChI=1S/C23H25N3O5/c1-16-9-11-18(12-10-16)23(2)21(29)26(22(30)24-23)14-20(28)31-15-19(27)25(3)13-17-7-5-4-6-8-17/h4-12H,13-15H2,1-3H3,(H,24,30)/t23-/m1/s1. The molecule has 3 rings (SSSR count). The number of urea groups is 1. The number of esters is 1. The van der Waals surface area contributed by atoms with E-state index in [1.165, 1.54) is 4.90 Å². The molecule has 8 heteroatoms. The summed E-state index contributed by atoms with van der Waals surface area (Å²) in [6, 6.07) is 15.9. The summed E-state index contributed by atoms with van der Waals surface area (Å²) < 4.78 is 5.01. The van der Waals surface area contributed by atoms with Crippen molar-refractivity contribution in [2.75, 3.05) is 20.2 Å². The zero-order valence-electron chi connectivity index (χ0n) is 17.8. The third kappa shape index (κ3) is 4.91. The number of carbonyl (C=O) groups is 4. The summed E-state index contributed by atoms with van der Waals surface area (Å²) in [6.07, 6.45) is 0. The van der Waals surface area contributed by atoms with Gasteiger partial charge < -0.3 is 15.0 Å². The second-order valence-corrected chi connectivity index (χ2v) is 7.71. The van der Waals surface area contributed by atoms with Crippen molar-refractivity contribution < 1.29 is 23.9 Å². The third-order valence-electron chi connectivity index (χ3n) is 5.24. The maximum Gasteiger partial charge on any atom is 0.326 e. The third-order valence-corrected chi connectivity index (χ3v) is 5.24. The van der Waals surface area contributed by atoms with Crippen LogP contribution in [0.15, 0.2) is 54.6 Å². The first kappa shape index (κ1) is 22.0. The Labute approximate surface area is 180 Å². The smallest absolute Gasteiger partial charge is 0.326 e. The average Bonchev–Trinajstić information content (AvgIpc) is 2.97. The van der Waals surface area contributed by atoms with Gasteiger partial charge in [-0.1, -0.05) is 60.2 Å². The highest BCUT2D eigenvalue weighted by Crippen LogP contribution is 2.28. The van der Waals surface area contributed by atoms with Crippen LogP contribution in [0.25, 0.3) is 0 Å². The van der Waals surface area contributed by atoms with Crippen molar-refractivity contribution in [3.63, 3.8) is 0 Å². The highest BCUT2D eigenvalue weighted by atomic mass is 16.5. The van der Waals surface area contributed by atoms with E-state index in [0.29, 0.717) is 12.1 Å². The SMILES string of the molecule is Cc1ccc([C@@]2(C)NC(=O)N(CC(=O)OCC(=O)N(C)Cc3ccccc3)C2=O)cc1. The van der Waals surface area contributed by atoms with Crippen molar-refractivity contribution >= 4 is 23.8 Å². The van der Waals surface area contributed by atoms with E-state index < -0.39 is 36.6 Å². The molecule has 0 bridgehead atoms. The largest absolute Gasteiger partial charge is 0.454 e. The van der Waals surface area contributed by atoms with Crippen LogP contribution in [0.2, 0.25) is 0 Å². The van der Waals surface area contributed by atoms with E-state index in [2.05, 4.69) is 5.32 Å². The Hall–Kier alpha value is -3.68. The quantitative estimate of drug-likeness (QED) is 0.543. The van der Waals surface area contributed by atoms with Gasteiger partial charge in [0.05, 0.1) is 0 Å². The molecule has 1 saturated heterocycles. The maximum absolute atomic E-state index is 12.9. The van der Waals surface area contributed by atoms with E-state index >= 15 is 0 Å². The topological polar surface area (TPSA) is 96.0 Å². The van der Waals surface area contributed by atoms with Crippen LogP contribution in [0.5, 0.6) is 0 Å². The van der Waals surface area contributed by atoms with Gasteiger partial charge in [-0.25, -0.2) is 4.79 Å². The Morgan fingerprint density at radius 3 is 2.35 bits per heavy atom. The summed E-state index contributed by atoms with van der Waals surface area (Å²) in [4.78, 5) is 51.9. The molecule has 0 unspecified atom stereocenters. The van der Waals surface area contributed by atoms with E-state index in [-0.39, 0.29) is 5.91 Å². The molecule has 0 spiro atoms. The van der Waals surface area contributed by atoms with Crippen molar-refractivity contribution in [2.45, 2.75) is 25.9 Å². The Bertz CT molecular complexity index is 990. The van der Waals surface area contributed by atoms with Gasteiger partial charge in [-0.05, 0) is 25.0 Å². The number of benzene rings is 2. The molecule has 1 atom stereocenters. The summed E-state index contributed by atoms with van der Waals surface area (Å²) in [5, 5.41) is 2.64. The molecule has 0 aliphatic carbocycles. The number of aryl methyl sites for hydroxylation is 1. The zero-order valence-corrected chi connectivity index (χ0v) is 17.8. The lowest BCUT2D eigenvalue weighted by Gasteiger charge is -2.22. The van der Waals surface area contributed by atoms with Gasteiger partial charge in [0.2, 0.25) is 0 Å². The van der Waals surface area contributed by atoms with Crippen molar-refractivity contribution in [1.29, 1.82) is 0 Å². The highest BCUT2D eigenvalue weighted by molar-refractivity contribution is 6.08. The first-order valence-electron chi connectivity index (χ1n) is 9.85. The van der Waals surface area contributed by atoms with Crippen LogP contribution >= 0.6 is 0 Å². The molecule has 0 saturated carbocycles. The van der Waals surface area contributed by atoms with E-state index in [1.54, 1.807) is 26.1 Å². The summed E-state index contributed by atoms with van der Waals surface area (Å²) >= 11 is 0. The Kier molecular flexibility index (Phi) is 6.39. The molecule has 1 fully saturated rings. The molecule has 0 radical (unpaired) electrons. The van der Waals surface area contributed by atoms with Crippen LogP contribution in [-0.2, 0) is 31.2 Å². The minimum absolute atomic E-state index is 0.374. The maximum atomic E-state index is 12.9. The monoisotopic (exact) mass is 423 g/mol. The summed E-state index contributed by atoms with van der Waals surface area (Å²) in [6.45, 7) is 2.84. The fourth-order valence-corrected chi connectivity index (χ4v) is 3.30. The van der Waals surface area contributed by atoms with Gasteiger partial charge >= 0.3 is 12.0 Å². The second kappa shape index (κ2) is 8.99. The molecule has 2 aromatic rings. The minimum Gasteiger partial charge on any atom is -0.454 e. The van der Waals surface area contributed by atoms with Crippen LogP contribution in [0.1, 0.15) is 23.6 Å². The molecule has 1 N–H and O–H groups in total. The molecule has 8 nitrogen and oxygen atoms in total. The molecule has 162 valence electrons. The molecule has 1 heterocycles. The molecule has 4 amide bonds. The van der Waals surface area contributed by atoms with Crippen LogP contribution < -0.4 is 5.32 Å². The number of rotatable bonds is 7. The van der Waals surface area contributed by atoms with Gasteiger partial charge in [0.25, 0.3) is 11.8 Å². The normalized spacial score (nSPS) is 18.0. The highest BCUT2D eigenvalue weighted by Gasteiger charge is 2.49. The van der Waals surface area contributed by atoms with E-state index in [1.807, 2.05) is 49.4 Å². The van der Waals surface area contributed by atoms with E-state index in [0.717, 1.165) is 16.0 Å². The van der Waals surface area contributed by atoms with Crippen LogP contribution in [0, 0.1) is 6.92 Å². The van der Waals surface area contributed by atoms with Gasteiger partial charge in [-0.2, -0.15) is 0 Å². The Morgan fingerprint density at radius 2 is 1.71 bits per heavy atom. The number of nitrogens with zero attached hydrogens (tertiary/aromatic N) is 2. The van der Waals surface area contributed by atoms with Crippen molar-refractivity contribution in [3.05, 3.63) is 71.3 Å². The fraction of sp³-hybridized carbons (Fsp3) is 0.304. The number of imide groups is 1. The Morgan fingerprint density at radius 1 is 1.06 bits per heavy atom. The minimum atomic E-state index is -1.27. The predicted octanol–water partition coefficient (Wildman–Crippen LogP) is 1.96. The second-order valence-electron chi connectivity index (χ2n) is 7.71. The summed E-state index contributed by atoms with van der Waals surface area (Å²) in [7, 11) is 1.60. The predicted molar refractivity (Wildman–Crippen MR) is 113 cm³/mol. The van der Waals surface area contributed by atoms with Crippen LogP contribution in [0.4, 0.5) is 4.79 Å². The number of hydrogen-bond acceptors (Lipinski definition) is 5. The number of nitrogens with one attached hydrogen (secondary N) is 1. The number of amides is 4. The molecule has 0 aromatic heterocycles. The number of hydrogen-bond donors (Lipinski definition) is 1. The van der Waals surface area contributed by atoms with E-state index in [4.69, 9.17) is 4.74 Å². The van der Waals surface area contributed by atoms with Crippen molar-refractivity contribution in [3.8, 4) is 0 Å². The lowest BCUT2D eigenvalue weighted by molar-refractivity contribution is -0.153. The van der Waals surface area contributed by atoms with Gasteiger partial charge in [-0.15, -0.1) is 0 Å². The molecule has 1 aliphatic heterocycles. The number of carbonyl (C=O) groups excluding carboxylic acids is 4. The zero-order chi connectivity index (χ0) is 22.6. The number of likely N-dealkylation sites (N-methyl/N-ethyl adjacent to an activating group) is 1.